The van der Waals surface area contributed by atoms with Crippen LogP contribution in [0.25, 0.3) is 0 Å². The number of carbonyl (C=O) groups excluding carboxylic acids is 1. The molecule has 6 nitrogen and oxygen atoms in total. The van der Waals surface area contributed by atoms with Crippen molar-refractivity contribution in [3.63, 3.8) is 0 Å². The number of ether oxygens (including phenoxy) is 1. The van der Waals surface area contributed by atoms with Gasteiger partial charge >= 0.3 is 0 Å². The van der Waals surface area contributed by atoms with E-state index in [1.807, 2.05) is 20.8 Å². The van der Waals surface area contributed by atoms with E-state index >= 15 is 0 Å². The van der Waals surface area contributed by atoms with Crippen molar-refractivity contribution in [2.75, 3.05) is 20.3 Å². The van der Waals surface area contributed by atoms with Crippen molar-refractivity contribution in [2.24, 2.45) is 5.92 Å². The number of amides is 1. The second-order valence-electron chi connectivity index (χ2n) is 5.90. The van der Waals surface area contributed by atoms with Gasteiger partial charge in [0.2, 0.25) is 15.9 Å². The quantitative estimate of drug-likeness (QED) is 0.665. The molecule has 0 aromatic heterocycles. The maximum atomic E-state index is 12.5. The molecule has 1 rings (SSSR count). The number of rotatable bonds is 9. The Morgan fingerprint density at radius 2 is 1.83 bits per heavy atom. The highest BCUT2D eigenvalue weighted by Gasteiger charge is 2.26. The molecule has 0 aliphatic heterocycles. The van der Waals surface area contributed by atoms with E-state index in [0.717, 1.165) is 5.56 Å². The molecule has 0 fully saturated rings. The average Bonchev–Trinajstić information content (AvgIpc) is 2.46. The maximum Gasteiger partial charge on any atom is 0.241 e. The van der Waals surface area contributed by atoms with Gasteiger partial charge < -0.3 is 10.1 Å². The van der Waals surface area contributed by atoms with Crippen molar-refractivity contribution in [3.05, 3.63) is 29.8 Å². The minimum absolute atomic E-state index is 0.154. The first kappa shape index (κ1) is 19.6. The summed E-state index contributed by atoms with van der Waals surface area (Å²) < 4.78 is 32.3. The van der Waals surface area contributed by atoms with Crippen LogP contribution < -0.4 is 10.0 Å². The van der Waals surface area contributed by atoms with E-state index in [0.29, 0.717) is 19.6 Å². The lowest BCUT2D eigenvalue weighted by atomic mass is 10.0. The molecular weight excluding hydrogens is 316 g/mol. The zero-order valence-electron chi connectivity index (χ0n) is 14.1. The number of hydrogen-bond donors (Lipinski definition) is 2. The first-order valence-electron chi connectivity index (χ1n) is 7.62. The fourth-order valence-electron chi connectivity index (χ4n) is 2.05. The topological polar surface area (TPSA) is 84.5 Å². The Bertz CT molecular complexity index is 597. The van der Waals surface area contributed by atoms with Crippen LogP contribution in [0.15, 0.2) is 29.2 Å². The minimum atomic E-state index is -3.74. The lowest BCUT2D eigenvalue weighted by molar-refractivity contribution is -0.123. The van der Waals surface area contributed by atoms with Crippen LogP contribution in [0, 0.1) is 12.8 Å². The molecular formula is C16H26N2O4S. The summed E-state index contributed by atoms with van der Waals surface area (Å²) in [6.07, 6.45) is 0.421. The molecule has 23 heavy (non-hydrogen) atoms. The molecule has 1 aromatic rings. The smallest absolute Gasteiger partial charge is 0.241 e. The Morgan fingerprint density at radius 1 is 1.22 bits per heavy atom. The van der Waals surface area contributed by atoms with Gasteiger partial charge in [0.15, 0.2) is 0 Å². The van der Waals surface area contributed by atoms with Gasteiger partial charge in [-0.3, -0.25) is 4.79 Å². The molecule has 0 aliphatic rings. The summed E-state index contributed by atoms with van der Waals surface area (Å²) in [5, 5.41) is 2.68. The highest BCUT2D eigenvalue weighted by molar-refractivity contribution is 7.89. The van der Waals surface area contributed by atoms with Gasteiger partial charge in [0.25, 0.3) is 0 Å². The third-order valence-corrected chi connectivity index (χ3v) is 4.75. The Hall–Kier alpha value is -1.44. The Kier molecular flexibility index (Phi) is 7.67. The van der Waals surface area contributed by atoms with Gasteiger partial charge in [0, 0.05) is 13.7 Å². The zero-order chi connectivity index (χ0) is 17.5. The molecule has 0 unspecified atom stereocenters. The van der Waals surface area contributed by atoms with E-state index in [4.69, 9.17) is 4.74 Å². The van der Waals surface area contributed by atoms with Crippen molar-refractivity contribution < 1.29 is 17.9 Å². The molecule has 1 aromatic carbocycles. The zero-order valence-corrected chi connectivity index (χ0v) is 14.9. The molecule has 0 aliphatic carbocycles. The highest BCUT2D eigenvalue weighted by Crippen LogP contribution is 2.13. The van der Waals surface area contributed by atoms with Gasteiger partial charge in [-0.1, -0.05) is 31.5 Å². The summed E-state index contributed by atoms with van der Waals surface area (Å²) >= 11 is 0. The average molecular weight is 342 g/mol. The lowest BCUT2D eigenvalue weighted by Gasteiger charge is -2.20. The van der Waals surface area contributed by atoms with Crippen molar-refractivity contribution in [1.29, 1.82) is 0 Å². The van der Waals surface area contributed by atoms with Crippen LogP contribution in [0.5, 0.6) is 0 Å². The molecule has 2 N–H and O–H groups in total. The van der Waals surface area contributed by atoms with Gasteiger partial charge in [0.1, 0.15) is 6.04 Å². The molecule has 1 amide bonds. The third-order valence-electron chi connectivity index (χ3n) is 3.26. The fraction of sp³-hybridized carbons (Fsp3) is 0.562. The molecule has 0 spiro atoms. The van der Waals surface area contributed by atoms with E-state index in [1.165, 1.54) is 19.2 Å². The van der Waals surface area contributed by atoms with Gasteiger partial charge in [-0.15, -0.1) is 0 Å². The van der Waals surface area contributed by atoms with Crippen molar-refractivity contribution in [3.8, 4) is 0 Å². The van der Waals surface area contributed by atoms with Crippen molar-refractivity contribution >= 4 is 15.9 Å². The van der Waals surface area contributed by atoms with E-state index in [2.05, 4.69) is 10.0 Å². The molecule has 0 saturated carbocycles. The van der Waals surface area contributed by atoms with E-state index in [-0.39, 0.29) is 16.7 Å². The second-order valence-corrected chi connectivity index (χ2v) is 7.61. The number of benzene rings is 1. The van der Waals surface area contributed by atoms with Gasteiger partial charge in [-0.25, -0.2) is 8.42 Å². The van der Waals surface area contributed by atoms with E-state index in [1.54, 1.807) is 12.1 Å². The summed E-state index contributed by atoms with van der Waals surface area (Å²) in [5.74, 6) is -0.166. The molecule has 1 atom stereocenters. The number of methoxy groups -OCH3 is 1. The largest absolute Gasteiger partial charge is 0.383 e. The molecule has 0 bridgehead atoms. The Labute approximate surface area is 138 Å². The monoisotopic (exact) mass is 342 g/mol. The minimum Gasteiger partial charge on any atom is -0.383 e. The second kappa shape index (κ2) is 9.00. The van der Waals surface area contributed by atoms with Gasteiger partial charge in [0.05, 0.1) is 11.5 Å². The van der Waals surface area contributed by atoms with Gasteiger partial charge in [-0.05, 0) is 31.4 Å². The van der Waals surface area contributed by atoms with Gasteiger partial charge in [-0.2, -0.15) is 4.72 Å². The molecule has 7 heteroatoms. The van der Waals surface area contributed by atoms with Crippen LogP contribution in [0.3, 0.4) is 0 Å². The van der Waals surface area contributed by atoms with Crippen LogP contribution in [0.1, 0.15) is 25.8 Å². The number of nitrogens with one attached hydrogen (secondary N) is 2. The third kappa shape index (κ3) is 6.68. The van der Waals surface area contributed by atoms with Crippen LogP contribution in [-0.2, 0) is 19.6 Å². The first-order valence-corrected chi connectivity index (χ1v) is 9.10. The standard InChI is InChI=1S/C16H26N2O4S/c1-12(2)11-15(16(19)17-9-10-22-4)18-23(20,21)14-7-5-13(3)6-8-14/h5-8,12,15,18H,9-11H2,1-4H3,(H,17,19)/t15-/m0/s1. The van der Waals surface area contributed by atoms with Crippen molar-refractivity contribution in [2.45, 2.75) is 38.1 Å². The first-order chi connectivity index (χ1) is 10.8. The Balaban J connectivity index is 2.86. The normalized spacial score (nSPS) is 13.1. The van der Waals surface area contributed by atoms with E-state index in [9.17, 15) is 13.2 Å². The maximum absolute atomic E-state index is 12.5. The summed E-state index contributed by atoms with van der Waals surface area (Å²) in [6, 6.07) is 5.72. The lowest BCUT2D eigenvalue weighted by Crippen LogP contribution is -2.47. The number of carbonyl (C=O) groups is 1. The van der Waals surface area contributed by atoms with Crippen LogP contribution in [0.2, 0.25) is 0 Å². The van der Waals surface area contributed by atoms with Crippen molar-refractivity contribution in [1.82, 2.24) is 10.0 Å². The molecule has 0 heterocycles. The SMILES string of the molecule is COCCNC(=O)[C@H](CC(C)C)NS(=O)(=O)c1ccc(C)cc1. The number of aryl methyl sites for hydroxylation is 1. The summed E-state index contributed by atoms with van der Waals surface area (Å²) in [6.45, 7) is 6.49. The number of hydrogen-bond acceptors (Lipinski definition) is 4. The fourth-order valence-corrected chi connectivity index (χ4v) is 3.26. The summed E-state index contributed by atoms with van der Waals surface area (Å²) in [7, 11) is -2.20. The number of sulfonamides is 1. The summed E-state index contributed by atoms with van der Waals surface area (Å²) in [5.41, 5.74) is 0.972. The van der Waals surface area contributed by atoms with Crippen LogP contribution in [-0.4, -0.2) is 40.6 Å². The predicted molar refractivity (Wildman–Crippen MR) is 89.6 cm³/mol. The molecule has 0 radical (unpaired) electrons. The molecule has 130 valence electrons. The predicted octanol–water partition coefficient (Wildman–Crippen LogP) is 1.45. The van der Waals surface area contributed by atoms with Crippen LogP contribution >= 0.6 is 0 Å². The van der Waals surface area contributed by atoms with E-state index < -0.39 is 16.1 Å². The van der Waals surface area contributed by atoms with Crippen LogP contribution in [0.4, 0.5) is 0 Å². The highest BCUT2D eigenvalue weighted by atomic mass is 32.2. The molecule has 0 saturated heterocycles. The summed E-state index contributed by atoms with van der Waals surface area (Å²) in [4.78, 5) is 12.4. The Morgan fingerprint density at radius 3 is 2.35 bits per heavy atom.